The Morgan fingerprint density at radius 3 is 2.33 bits per heavy atom. The lowest BCUT2D eigenvalue weighted by Crippen LogP contribution is -2.32. The monoisotopic (exact) mass is 429 g/mol. The van der Waals surface area contributed by atoms with Crippen molar-refractivity contribution < 1.29 is 23.8 Å². The van der Waals surface area contributed by atoms with Gasteiger partial charge in [0.2, 0.25) is 11.7 Å². The van der Waals surface area contributed by atoms with Crippen molar-refractivity contribution in [2.45, 2.75) is 13.3 Å². The lowest BCUT2D eigenvalue weighted by molar-refractivity contribution is -0.115. The van der Waals surface area contributed by atoms with Crippen molar-refractivity contribution in [1.82, 2.24) is 10.3 Å². The third-order valence-electron chi connectivity index (χ3n) is 4.44. The molecule has 158 valence electrons. The van der Waals surface area contributed by atoms with Crippen LogP contribution in [0.3, 0.4) is 0 Å². The molecule has 0 atom stereocenters. The minimum absolute atomic E-state index is 0.203. The van der Waals surface area contributed by atoms with E-state index < -0.39 is 5.91 Å². The zero-order valence-electron chi connectivity index (χ0n) is 17.2. The highest BCUT2D eigenvalue weighted by atomic mass is 32.1. The van der Waals surface area contributed by atoms with Gasteiger partial charge in [0.25, 0.3) is 5.91 Å². The number of hydrogen-bond acceptors (Lipinski definition) is 7. The molecule has 0 bridgehead atoms. The van der Waals surface area contributed by atoms with Gasteiger partial charge in [-0.1, -0.05) is 24.3 Å². The molecule has 0 saturated carbocycles. The number of carbonyl (C=O) groups is 2. The first-order valence-electron chi connectivity index (χ1n) is 9.26. The first-order valence-corrected chi connectivity index (χ1v) is 10.1. The van der Waals surface area contributed by atoms with Gasteiger partial charge in [-0.2, -0.15) is 0 Å². The Bertz CT molecular complexity index is 1050. The van der Waals surface area contributed by atoms with E-state index in [9.17, 15) is 9.59 Å². The van der Waals surface area contributed by atoms with Crippen LogP contribution < -0.4 is 24.8 Å². The van der Waals surface area contributed by atoms with Gasteiger partial charge in [-0.25, -0.2) is 4.98 Å². The van der Waals surface area contributed by atoms with Crippen molar-refractivity contribution in [3.8, 4) is 17.2 Å². The largest absolute Gasteiger partial charge is 0.493 e. The Morgan fingerprint density at radius 1 is 1.03 bits per heavy atom. The fraction of sp³-hybridized carbons (Fsp3) is 0.286. The van der Waals surface area contributed by atoms with Crippen LogP contribution in [-0.4, -0.2) is 44.7 Å². The second kappa shape index (κ2) is 9.45. The van der Waals surface area contributed by atoms with Crippen LogP contribution in [0.1, 0.15) is 22.8 Å². The number of thiazole rings is 1. The average Bonchev–Trinajstić information content (AvgIpc) is 3.17. The summed E-state index contributed by atoms with van der Waals surface area (Å²) in [5, 5.41) is 5.80. The fourth-order valence-corrected chi connectivity index (χ4v) is 3.83. The van der Waals surface area contributed by atoms with E-state index in [4.69, 9.17) is 14.2 Å². The lowest BCUT2D eigenvalue weighted by Gasteiger charge is -2.14. The minimum Gasteiger partial charge on any atom is -0.493 e. The molecule has 30 heavy (non-hydrogen) atoms. The van der Waals surface area contributed by atoms with Gasteiger partial charge in [0.05, 0.1) is 38.1 Å². The molecule has 0 fully saturated rings. The van der Waals surface area contributed by atoms with E-state index in [2.05, 4.69) is 28.6 Å². The molecule has 0 aliphatic rings. The number of rotatable bonds is 8. The van der Waals surface area contributed by atoms with Crippen molar-refractivity contribution >= 4 is 38.5 Å². The molecule has 3 aromatic rings. The van der Waals surface area contributed by atoms with Crippen LogP contribution in [0.4, 0.5) is 5.13 Å². The highest BCUT2D eigenvalue weighted by Gasteiger charge is 2.17. The van der Waals surface area contributed by atoms with Gasteiger partial charge in [-0.15, -0.1) is 0 Å². The highest BCUT2D eigenvalue weighted by molar-refractivity contribution is 7.22. The Balaban J connectivity index is 1.65. The SMILES string of the molecule is CCc1ccc2nc(NC(=O)CNC(=O)c3cc(OC)c(OC)c(OC)c3)sc2c1. The zero-order valence-corrected chi connectivity index (χ0v) is 18.0. The summed E-state index contributed by atoms with van der Waals surface area (Å²) in [4.78, 5) is 29.2. The minimum atomic E-state index is -0.443. The number of nitrogens with one attached hydrogen (secondary N) is 2. The molecule has 0 spiro atoms. The normalized spacial score (nSPS) is 10.5. The van der Waals surface area contributed by atoms with Gasteiger partial charge in [0.1, 0.15) is 0 Å². The molecule has 2 N–H and O–H groups in total. The van der Waals surface area contributed by atoms with Crippen LogP contribution in [0.25, 0.3) is 10.2 Å². The number of benzene rings is 2. The molecular weight excluding hydrogens is 406 g/mol. The maximum Gasteiger partial charge on any atom is 0.251 e. The van der Waals surface area contributed by atoms with Gasteiger partial charge in [0.15, 0.2) is 16.6 Å². The third-order valence-corrected chi connectivity index (χ3v) is 5.38. The molecule has 0 radical (unpaired) electrons. The molecule has 9 heteroatoms. The van der Waals surface area contributed by atoms with Crippen molar-refractivity contribution in [2.75, 3.05) is 33.2 Å². The molecule has 8 nitrogen and oxygen atoms in total. The van der Waals surface area contributed by atoms with Crippen LogP contribution in [0.2, 0.25) is 0 Å². The second-order valence-corrected chi connectivity index (χ2v) is 7.35. The summed E-state index contributed by atoms with van der Waals surface area (Å²) < 4.78 is 16.7. The number of amides is 2. The maximum absolute atomic E-state index is 12.5. The molecule has 0 saturated heterocycles. The number of nitrogens with zero attached hydrogens (tertiary/aromatic N) is 1. The molecule has 2 aromatic carbocycles. The molecule has 2 amide bonds. The average molecular weight is 429 g/mol. The number of carbonyl (C=O) groups excluding carboxylic acids is 2. The van der Waals surface area contributed by atoms with E-state index >= 15 is 0 Å². The quantitative estimate of drug-likeness (QED) is 0.570. The van der Waals surface area contributed by atoms with Crippen molar-refractivity contribution in [1.29, 1.82) is 0 Å². The van der Waals surface area contributed by atoms with Crippen LogP contribution in [-0.2, 0) is 11.2 Å². The molecule has 0 aliphatic carbocycles. The van der Waals surface area contributed by atoms with Gasteiger partial charge in [-0.05, 0) is 36.2 Å². The molecule has 0 unspecified atom stereocenters. The van der Waals surface area contributed by atoms with Crippen LogP contribution in [0.15, 0.2) is 30.3 Å². The maximum atomic E-state index is 12.5. The van der Waals surface area contributed by atoms with Gasteiger partial charge >= 0.3 is 0 Å². The lowest BCUT2D eigenvalue weighted by atomic mass is 10.1. The van der Waals surface area contributed by atoms with Crippen LogP contribution in [0, 0.1) is 0 Å². The Kier molecular flexibility index (Phi) is 6.73. The number of anilines is 1. The van der Waals surface area contributed by atoms with E-state index in [0.29, 0.717) is 22.4 Å². The summed E-state index contributed by atoms with van der Waals surface area (Å²) in [7, 11) is 4.41. The van der Waals surface area contributed by atoms with E-state index in [0.717, 1.165) is 16.6 Å². The van der Waals surface area contributed by atoms with Gasteiger partial charge < -0.3 is 24.8 Å². The van der Waals surface area contributed by atoms with Crippen molar-refractivity contribution in [2.24, 2.45) is 0 Å². The fourth-order valence-electron chi connectivity index (χ4n) is 2.88. The smallest absolute Gasteiger partial charge is 0.251 e. The van der Waals surface area contributed by atoms with Crippen molar-refractivity contribution in [3.63, 3.8) is 0 Å². The molecule has 3 rings (SSSR count). The Labute approximate surface area is 178 Å². The summed E-state index contributed by atoms with van der Waals surface area (Å²) in [6.45, 7) is 1.88. The number of fused-ring (bicyclic) bond motifs is 1. The summed E-state index contributed by atoms with van der Waals surface area (Å²) in [5.74, 6) is 0.281. The summed E-state index contributed by atoms with van der Waals surface area (Å²) in [5.41, 5.74) is 2.32. The highest BCUT2D eigenvalue weighted by Crippen LogP contribution is 2.38. The Morgan fingerprint density at radius 2 is 1.73 bits per heavy atom. The summed E-state index contributed by atoms with van der Waals surface area (Å²) in [6.07, 6.45) is 0.933. The molecular formula is C21H23N3O5S. The van der Waals surface area contributed by atoms with Crippen LogP contribution >= 0.6 is 11.3 Å². The number of aromatic nitrogens is 1. The number of aryl methyl sites for hydroxylation is 1. The predicted octanol–water partition coefficient (Wildman–Crippen LogP) is 3.25. The summed E-state index contributed by atoms with van der Waals surface area (Å²) in [6, 6.07) is 9.06. The van der Waals surface area contributed by atoms with Crippen molar-refractivity contribution in [3.05, 3.63) is 41.5 Å². The number of hydrogen-bond donors (Lipinski definition) is 2. The number of ether oxygens (including phenoxy) is 3. The predicted molar refractivity (Wildman–Crippen MR) is 116 cm³/mol. The molecule has 1 aromatic heterocycles. The van der Waals surface area contributed by atoms with E-state index in [1.165, 1.54) is 50.4 Å². The van der Waals surface area contributed by atoms with E-state index in [1.807, 2.05) is 12.1 Å². The van der Waals surface area contributed by atoms with Gasteiger partial charge in [-0.3, -0.25) is 9.59 Å². The first-order chi connectivity index (χ1) is 14.5. The van der Waals surface area contributed by atoms with Gasteiger partial charge in [0, 0.05) is 5.56 Å². The van der Waals surface area contributed by atoms with E-state index in [1.54, 1.807) is 0 Å². The second-order valence-electron chi connectivity index (χ2n) is 6.32. The zero-order chi connectivity index (χ0) is 21.7. The first kappa shape index (κ1) is 21.4. The molecule has 1 heterocycles. The summed E-state index contributed by atoms with van der Waals surface area (Å²) >= 11 is 1.40. The third kappa shape index (κ3) is 4.62. The molecule has 0 aliphatic heterocycles. The Hall–Kier alpha value is -3.33. The standard InChI is InChI=1S/C21H23N3O5S/c1-5-12-6-7-14-17(8-12)30-21(23-14)24-18(25)11-22-20(26)13-9-15(27-2)19(29-4)16(10-13)28-3/h6-10H,5,11H2,1-4H3,(H,22,26)(H,23,24,25). The number of methoxy groups -OCH3 is 3. The van der Waals surface area contributed by atoms with E-state index in [-0.39, 0.29) is 18.0 Å². The topological polar surface area (TPSA) is 98.8 Å². The van der Waals surface area contributed by atoms with Crippen LogP contribution in [0.5, 0.6) is 17.2 Å².